The molecule has 0 bridgehead atoms. The fraction of sp³-hybridized carbons (Fsp3) is 0.111. The molecule has 7 heteroatoms. The number of nitrogens with zero attached hydrogens (tertiary/aromatic N) is 4. The highest BCUT2D eigenvalue weighted by atomic mass is 35.5. The predicted octanol–water partition coefficient (Wildman–Crippen LogP) is 4.72. The third-order valence-electron chi connectivity index (χ3n) is 3.73. The molecule has 0 aliphatic carbocycles. The molecule has 0 amide bonds. The summed E-state index contributed by atoms with van der Waals surface area (Å²) in [5, 5.41) is 11.2. The van der Waals surface area contributed by atoms with Gasteiger partial charge in [0.05, 0.1) is 11.9 Å². The van der Waals surface area contributed by atoms with Crippen LogP contribution >= 0.6 is 23.4 Å². The highest BCUT2D eigenvalue weighted by molar-refractivity contribution is 7.99. The monoisotopic (exact) mass is 368 g/mol. The van der Waals surface area contributed by atoms with E-state index in [9.17, 15) is 0 Å². The van der Waals surface area contributed by atoms with Crippen molar-refractivity contribution in [3.63, 3.8) is 0 Å². The maximum Gasteiger partial charge on any atom is 0.282 e. The average Bonchev–Trinajstić information content (AvgIpc) is 3.05. The molecule has 0 fully saturated rings. The predicted molar refractivity (Wildman–Crippen MR) is 97.0 cm³/mol. The highest BCUT2D eigenvalue weighted by Gasteiger charge is 2.13. The molecule has 4 rings (SSSR count). The molecule has 4 aromatic rings. The number of benzene rings is 2. The minimum atomic E-state index is 0.463. The number of fused-ring (bicyclic) bond motifs is 1. The molecule has 0 unspecified atom stereocenters. The molecule has 0 saturated carbocycles. The van der Waals surface area contributed by atoms with Crippen molar-refractivity contribution in [3.05, 3.63) is 70.8 Å². The Bertz CT molecular complexity index is 1030. The van der Waals surface area contributed by atoms with Crippen LogP contribution in [0.25, 0.3) is 10.9 Å². The van der Waals surface area contributed by atoms with Gasteiger partial charge in [-0.25, -0.2) is 9.97 Å². The molecule has 124 valence electrons. The van der Waals surface area contributed by atoms with Crippen molar-refractivity contribution in [1.82, 2.24) is 20.2 Å². The van der Waals surface area contributed by atoms with Crippen molar-refractivity contribution in [2.24, 2.45) is 0 Å². The zero-order valence-electron chi connectivity index (χ0n) is 13.3. The minimum Gasteiger partial charge on any atom is -0.415 e. The largest absolute Gasteiger partial charge is 0.415 e. The van der Waals surface area contributed by atoms with E-state index in [0.29, 0.717) is 22.6 Å². The lowest BCUT2D eigenvalue weighted by atomic mass is 10.1. The van der Waals surface area contributed by atoms with Crippen molar-refractivity contribution in [2.45, 2.75) is 23.6 Å². The molecular weight excluding hydrogens is 356 g/mol. The SMILES string of the molecule is Cc1cccc2c(Sc3nnc(Cc4ccc(Cl)cc4)o3)ncnc12. The van der Waals surface area contributed by atoms with Crippen LogP contribution in [0.1, 0.15) is 17.0 Å². The topological polar surface area (TPSA) is 64.7 Å². The van der Waals surface area contributed by atoms with Crippen LogP contribution in [0, 0.1) is 6.92 Å². The van der Waals surface area contributed by atoms with Gasteiger partial charge in [0.25, 0.3) is 5.22 Å². The summed E-state index contributed by atoms with van der Waals surface area (Å²) in [6.07, 6.45) is 2.12. The van der Waals surface area contributed by atoms with Gasteiger partial charge in [0.2, 0.25) is 5.89 Å². The molecule has 0 aliphatic rings. The molecule has 2 aromatic carbocycles. The van der Waals surface area contributed by atoms with Crippen LogP contribution < -0.4 is 0 Å². The molecule has 0 saturated heterocycles. The summed E-state index contributed by atoms with van der Waals surface area (Å²) >= 11 is 7.25. The van der Waals surface area contributed by atoms with Crippen LogP contribution in [0.3, 0.4) is 0 Å². The van der Waals surface area contributed by atoms with Gasteiger partial charge in [-0.05, 0) is 41.9 Å². The summed E-state index contributed by atoms with van der Waals surface area (Å²) in [6.45, 7) is 2.03. The summed E-state index contributed by atoms with van der Waals surface area (Å²) in [7, 11) is 0. The third-order valence-corrected chi connectivity index (χ3v) is 4.84. The second-order valence-corrected chi connectivity index (χ2v) is 6.89. The standard InChI is InChI=1S/C18H13ClN4OS/c1-11-3-2-4-14-16(11)20-10-21-17(14)25-18-23-22-15(24-18)9-12-5-7-13(19)8-6-12/h2-8,10H,9H2,1H3. The smallest absolute Gasteiger partial charge is 0.282 e. The summed E-state index contributed by atoms with van der Waals surface area (Å²) < 4.78 is 5.75. The van der Waals surface area contributed by atoms with Crippen LogP contribution in [-0.4, -0.2) is 20.2 Å². The molecule has 0 spiro atoms. The third kappa shape index (κ3) is 3.50. The Hall–Kier alpha value is -2.44. The van der Waals surface area contributed by atoms with Crippen LogP contribution in [0.4, 0.5) is 0 Å². The van der Waals surface area contributed by atoms with Gasteiger partial charge in [-0.1, -0.05) is 41.9 Å². The Morgan fingerprint density at radius 2 is 1.88 bits per heavy atom. The Morgan fingerprint density at radius 1 is 1.04 bits per heavy atom. The fourth-order valence-electron chi connectivity index (χ4n) is 2.50. The van der Waals surface area contributed by atoms with Gasteiger partial charge in [0.15, 0.2) is 0 Å². The van der Waals surface area contributed by atoms with E-state index in [-0.39, 0.29) is 0 Å². The normalized spacial score (nSPS) is 11.1. The molecule has 2 aromatic heterocycles. The van der Waals surface area contributed by atoms with Gasteiger partial charge in [0, 0.05) is 10.4 Å². The van der Waals surface area contributed by atoms with Gasteiger partial charge in [0.1, 0.15) is 11.4 Å². The number of para-hydroxylation sites is 1. The molecule has 0 N–H and O–H groups in total. The number of aryl methyl sites for hydroxylation is 1. The number of hydrogen-bond acceptors (Lipinski definition) is 6. The number of rotatable bonds is 4. The highest BCUT2D eigenvalue weighted by Crippen LogP contribution is 2.31. The first-order valence-electron chi connectivity index (χ1n) is 7.64. The first-order chi connectivity index (χ1) is 12.2. The Balaban J connectivity index is 1.57. The van der Waals surface area contributed by atoms with Gasteiger partial charge in [-0.2, -0.15) is 0 Å². The second-order valence-electron chi connectivity index (χ2n) is 5.52. The second kappa shape index (κ2) is 6.82. The fourth-order valence-corrected chi connectivity index (χ4v) is 3.39. The van der Waals surface area contributed by atoms with Crippen LogP contribution in [0.15, 0.2) is 63.5 Å². The number of halogens is 1. The van der Waals surface area contributed by atoms with Crippen molar-refractivity contribution < 1.29 is 4.42 Å². The van der Waals surface area contributed by atoms with E-state index in [1.165, 1.54) is 11.8 Å². The first-order valence-corrected chi connectivity index (χ1v) is 8.83. The van der Waals surface area contributed by atoms with Crippen molar-refractivity contribution in [2.75, 3.05) is 0 Å². The summed E-state index contributed by atoms with van der Waals surface area (Å²) in [6, 6.07) is 13.6. The van der Waals surface area contributed by atoms with E-state index in [4.69, 9.17) is 16.0 Å². The molecule has 25 heavy (non-hydrogen) atoms. The zero-order chi connectivity index (χ0) is 17.2. The van der Waals surface area contributed by atoms with Crippen LogP contribution in [-0.2, 0) is 6.42 Å². The van der Waals surface area contributed by atoms with Crippen molar-refractivity contribution in [3.8, 4) is 0 Å². The molecule has 0 radical (unpaired) electrons. The van der Waals surface area contributed by atoms with Crippen molar-refractivity contribution >= 4 is 34.3 Å². The lowest BCUT2D eigenvalue weighted by molar-refractivity contribution is 0.420. The first kappa shape index (κ1) is 16.1. The van der Waals surface area contributed by atoms with Gasteiger partial charge in [-0.3, -0.25) is 0 Å². The van der Waals surface area contributed by atoms with Gasteiger partial charge in [-0.15, -0.1) is 10.2 Å². The average molecular weight is 369 g/mol. The summed E-state index contributed by atoms with van der Waals surface area (Å²) in [5.74, 6) is 0.555. The maximum atomic E-state index is 5.90. The minimum absolute atomic E-state index is 0.463. The number of hydrogen-bond donors (Lipinski definition) is 0. The van der Waals surface area contributed by atoms with E-state index in [1.54, 1.807) is 6.33 Å². The Kier molecular flexibility index (Phi) is 4.38. The Labute approximate surface area is 153 Å². The molecular formula is C18H13ClN4OS. The van der Waals surface area contributed by atoms with E-state index in [2.05, 4.69) is 20.2 Å². The molecule has 0 atom stereocenters. The van der Waals surface area contributed by atoms with Gasteiger partial charge < -0.3 is 4.42 Å². The number of aromatic nitrogens is 4. The van der Waals surface area contributed by atoms with E-state index in [0.717, 1.165) is 27.1 Å². The summed E-state index contributed by atoms with van der Waals surface area (Å²) in [5.41, 5.74) is 3.10. The van der Waals surface area contributed by atoms with E-state index in [1.807, 2.05) is 49.4 Å². The molecule has 2 heterocycles. The zero-order valence-corrected chi connectivity index (χ0v) is 14.9. The van der Waals surface area contributed by atoms with Gasteiger partial charge >= 0.3 is 0 Å². The van der Waals surface area contributed by atoms with Crippen molar-refractivity contribution in [1.29, 1.82) is 0 Å². The lowest BCUT2D eigenvalue weighted by Gasteiger charge is -2.03. The lowest BCUT2D eigenvalue weighted by Crippen LogP contribution is -1.89. The van der Waals surface area contributed by atoms with E-state index < -0.39 is 0 Å². The Morgan fingerprint density at radius 3 is 2.72 bits per heavy atom. The van der Waals surface area contributed by atoms with Crippen LogP contribution in [0.2, 0.25) is 5.02 Å². The molecule has 0 aliphatic heterocycles. The molecule has 5 nitrogen and oxygen atoms in total. The quantitative estimate of drug-likeness (QED) is 0.486. The van der Waals surface area contributed by atoms with E-state index >= 15 is 0 Å². The summed E-state index contributed by atoms with van der Waals surface area (Å²) in [4.78, 5) is 8.70. The van der Waals surface area contributed by atoms with Crippen LogP contribution in [0.5, 0.6) is 0 Å². The maximum absolute atomic E-state index is 5.90.